The van der Waals surface area contributed by atoms with Crippen molar-refractivity contribution in [3.8, 4) is 22.6 Å². The van der Waals surface area contributed by atoms with Gasteiger partial charge in [0.2, 0.25) is 0 Å². The lowest BCUT2D eigenvalue weighted by Crippen LogP contribution is -2.13. The maximum atomic E-state index is 11.0. The van der Waals surface area contributed by atoms with Crippen LogP contribution in [0.3, 0.4) is 0 Å². The van der Waals surface area contributed by atoms with Crippen molar-refractivity contribution in [3.05, 3.63) is 65.2 Å². The van der Waals surface area contributed by atoms with Gasteiger partial charge in [-0.1, -0.05) is 48.6 Å². The third-order valence-corrected chi connectivity index (χ3v) is 4.68. The topological polar surface area (TPSA) is 60.7 Å². The lowest BCUT2D eigenvalue weighted by atomic mass is 9.90. The second-order valence-electron chi connectivity index (χ2n) is 7.28. The van der Waals surface area contributed by atoms with Crippen LogP contribution in [0.2, 0.25) is 0 Å². The molecular formula is C23H24O3. The molecule has 26 heavy (non-hydrogen) atoms. The first-order valence-corrected chi connectivity index (χ1v) is 8.65. The number of aliphatic hydroxyl groups is 1. The molecule has 0 aliphatic heterocycles. The molecule has 3 rings (SSSR count). The summed E-state index contributed by atoms with van der Waals surface area (Å²) < 4.78 is 0. The highest BCUT2D eigenvalue weighted by atomic mass is 16.3. The number of benzene rings is 3. The summed E-state index contributed by atoms with van der Waals surface area (Å²) in [5.41, 5.74) is 2.17. The lowest BCUT2D eigenvalue weighted by molar-refractivity contribution is 0.134. The molecule has 0 amide bonds. The van der Waals surface area contributed by atoms with Crippen LogP contribution in [0.15, 0.2) is 48.5 Å². The second kappa shape index (κ2) is 6.50. The molecule has 3 N–H and O–H groups in total. The minimum Gasteiger partial charge on any atom is -0.507 e. The monoisotopic (exact) mass is 348 g/mol. The van der Waals surface area contributed by atoms with Gasteiger partial charge in [0.25, 0.3) is 0 Å². The standard InChI is InChI=1S/C23H24O3/c1-14-19(11-12-23(3,4)26)22(25)20(15(2)21(14)24)18-10-9-16-7-5-6-8-17(16)13-18/h5-13,24-26H,1-4H3. The Labute approximate surface area is 153 Å². The maximum absolute atomic E-state index is 11.0. The molecular weight excluding hydrogens is 324 g/mol. The average molecular weight is 348 g/mol. The van der Waals surface area contributed by atoms with Crippen molar-refractivity contribution >= 4 is 16.8 Å². The molecule has 134 valence electrons. The normalized spacial score (nSPS) is 12.2. The van der Waals surface area contributed by atoms with Gasteiger partial charge in [0, 0.05) is 22.3 Å². The Bertz CT molecular complexity index is 1010. The van der Waals surface area contributed by atoms with E-state index in [1.54, 1.807) is 39.8 Å². The van der Waals surface area contributed by atoms with Crippen molar-refractivity contribution in [3.63, 3.8) is 0 Å². The number of hydrogen-bond acceptors (Lipinski definition) is 3. The van der Waals surface area contributed by atoms with Gasteiger partial charge in [-0.3, -0.25) is 0 Å². The van der Waals surface area contributed by atoms with E-state index in [0.717, 1.165) is 16.3 Å². The summed E-state index contributed by atoms with van der Waals surface area (Å²) in [7, 11) is 0. The van der Waals surface area contributed by atoms with Gasteiger partial charge in [-0.05, 0) is 50.1 Å². The van der Waals surface area contributed by atoms with Gasteiger partial charge < -0.3 is 15.3 Å². The maximum Gasteiger partial charge on any atom is 0.131 e. The summed E-state index contributed by atoms with van der Waals surface area (Å²) >= 11 is 0. The Balaban J connectivity index is 2.26. The SMILES string of the molecule is Cc1c(O)c(C)c(-c2ccc3ccccc3c2)c(O)c1C=CC(C)(C)O. The van der Waals surface area contributed by atoms with E-state index in [4.69, 9.17) is 0 Å². The van der Waals surface area contributed by atoms with Crippen LogP contribution in [-0.4, -0.2) is 20.9 Å². The Morgan fingerprint density at radius 3 is 2.15 bits per heavy atom. The van der Waals surface area contributed by atoms with E-state index in [1.165, 1.54) is 0 Å². The molecule has 0 heterocycles. The predicted octanol–water partition coefficient (Wildman–Crippen LogP) is 5.32. The molecule has 0 aromatic heterocycles. The smallest absolute Gasteiger partial charge is 0.131 e. The minimum absolute atomic E-state index is 0.105. The van der Waals surface area contributed by atoms with Crippen molar-refractivity contribution in [2.45, 2.75) is 33.3 Å². The largest absolute Gasteiger partial charge is 0.507 e. The molecule has 0 aliphatic rings. The highest BCUT2D eigenvalue weighted by molar-refractivity contribution is 5.91. The molecule has 3 heteroatoms. The van der Waals surface area contributed by atoms with Crippen molar-refractivity contribution in [2.24, 2.45) is 0 Å². The third kappa shape index (κ3) is 3.31. The molecule has 3 aromatic rings. The van der Waals surface area contributed by atoms with Crippen molar-refractivity contribution in [1.82, 2.24) is 0 Å². The molecule has 0 spiro atoms. The quantitative estimate of drug-likeness (QED) is 0.562. The summed E-state index contributed by atoms with van der Waals surface area (Å²) in [5.74, 6) is 0.259. The van der Waals surface area contributed by atoms with Crippen LogP contribution < -0.4 is 0 Å². The third-order valence-electron chi connectivity index (χ3n) is 4.68. The lowest BCUT2D eigenvalue weighted by Gasteiger charge is -2.18. The summed E-state index contributed by atoms with van der Waals surface area (Å²) in [4.78, 5) is 0. The summed E-state index contributed by atoms with van der Waals surface area (Å²) in [6.07, 6.45) is 3.27. The molecule has 0 bridgehead atoms. The van der Waals surface area contributed by atoms with Crippen LogP contribution in [-0.2, 0) is 0 Å². The fourth-order valence-electron chi connectivity index (χ4n) is 3.21. The van der Waals surface area contributed by atoms with Gasteiger partial charge >= 0.3 is 0 Å². The summed E-state index contributed by atoms with van der Waals surface area (Å²) in [6.45, 7) is 6.88. The van der Waals surface area contributed by atoms with Crippen LogP contribution in [0.4, 0.5) is 0 Å². The van der Waals surface area contributed by atoms with Gasteiger partial charge in [0.05, 0.1) is 5.60 Å². The van der Waals surface area contributed by atoms with E-state index < -0.39 is 5.60 Å². The first-order chi connectivity index (χ1) is 12.2. The second-order valence-corrected chi connectivity index (χ2v) is 7.28. The Kier molecular flexibility index (Phi) is 4.51. The van der Waals surface area contributed by atoms with Gasteiger partial charge in [0.15, 0.2) is 0 Å². The zero-order valence-electron chi connectivity index (χ0n) is 15.5. The van der Waals surface area contributed by atoms with Crippen LogP contribution in [0, 0.1) is 13.8 Å². The number of aromatic hydroxyl groups is 2. The first-order valence-electron chi connectivity index (χ1n) is 8.65. The van der Waals surface area contributed by atoms with E-state index in [1.807, 2.05) is 42.5 Å². The van der Waals surface area contributed by atoms with Gasteiger partial charge in [-0.25, -0.2) is 0 Å². The van der Waals surface area contributed by atoms with E-state index in [9.17, 15) is 15.3 Å². The van der Waals surface area contributed by atoms with Gasteiger partial charge in [0.1, 0.15) is 11.5 Å². The van der Waals surface area contributed by atoms with Crippen molar-refractivity contribution in [2.75, 3.05) is 0 Å². The fourth-order valence-corrected chi connectivity index (χ4v) is 3.21. The molecule has 0 fully saturated rings. The van der Waals surface area contributed by atoms with Crippen LogP contribution in [0.5, 0.6) is 11.5 Å². The van der Waals surface area contributed by atoms with Crippen molar-refractivity contribution < 1.29 is 15.3 Å². The Morgan fingerprint density at radius 1 is 0.846 bits per heavy atom. The van der Waals surface area contributed by atoms with Crippen LogP contribution >= 0.6 is 0 Å². The minimum atomic E-state index is -1.01. The molecule has 0 radical (unpaired) electrons. The number of rotatable bonds is 3. The molecule has 0 aliphatic carbocycles. The van der Waals surface area contributed by atoms with Gasteiger partial charge in [-0.15, -0.1) is 0 Å². The zero-order chi connectivity index (χ0) is 19.1. The highest BCUT2D eigenvalue weighted by Gasteiger charge is 2.20. The molecule has 0 saturated carbocycles. The average Bonchev–Trinajstić information content (AvgIpc) is 2.59. The molecule has 0 saturated heterocycles. The molecule has 0 atom stereocenters. The van der Waals surface area contributed by atoms with Crippen LogP contribution in [0.1, 0.15) is 30.5 Å². The fraction of sp³-hybridized carbons (Fsp3) is 0.217. The Morgan fingerprint density at radius 2 is 1.50 bits per heavy atom. The number of fused-ring (bicyclic) bond motifs is 1. The highest BCUT2D eigenvalue weighted by Crippen LogP contribution is 2.44. The number of phenols is 2. The predicted molar refractivity (Wildman–Crippen MR) is 108 cm³/mol. The van der Waals surface area contributed by atoms with Crippen molar-refractivity contribution in [1.29, 1.82) is 0 Å². The molecule has 0 unspecified atom stereocenters. The number of phenolic OH excluding ortho intramolecular Hbond substituents is 2. The van der Waals surface area contributed by atoms with Crippen LogP contribution in [0.25, 0.3) is 28.0 Å². The Hall–Kier alpha value is -2.78. The van der Waals surface area contributed by atoms with Gasteiger partial charge in [-0.2, -0.15) is 0 Å². The number of hydrogen-bond donors (Lipinski definition) is 3. The molecule has 3 aromatic carbocycles. The first kappa shape index (κ1) is 18.0. The zero-order valence-corrected chi connectivity index (χ0v) is 15.5. The van der Waals surface area contributed by atoms with E-state index in [-0.39, 0.29) is 11.5 Å². The van der Waals surface area contributed by atoms with E-state index in [2.05, 4.69) is 0 Å². The van der Waals surface area contributed by atoms with E-state index in [0.29, 0.717) is 22.3 Å². The van der Waals surface area contributed by atoms with E-state index >= 15 is 0 Å². The summed E-state index contributed by atoms with van der Waals surface area (Å²) in [6, 6.07) is 14.0. The molecule has 3 nitrogen and oxygen atoms in total. The summed E-state index contributed by atoms with van der Waals surface area (Å²) in [5, 5.41) is 33.7.